The van der Waals surface area contributed by atoms with Gasteiger partial charge in [-0.05, 0) is 35.7 Å². The van der Waals surface area contributed by atoms with Crippen molar-refractivity contribution < 1.29 is 26.9 Å². The van der Waals surface area contributed by atoms with Gasteiger partial charge in [0.2, 0.25) is 5.88 Å². The molecule has 1 amide bonds. The number of carbonyl (C=O) groups excluding carboxylic acids is 1. The number of anilines is 1. The van der Waals surface area contributed by atoms with E-state index in [0.29, 0.717) is 6.54 Å². The molecule has 3 N–H and O–H groups in total. The van der Waals surface area contributed by atoms with Crippen molar-refractivity contribution in [2.45, 2.75) is 12.7 Å². The Morgan fingerprint density at radius 2 is 1.93 bits per heavy atom. The maximum Gasteiger partial charge on any atom is 0.416 e. The van der Waals surface area contributed by atoms with E-state index in [1.165, 1.54) is 35.6 Å². The Morgan fingerprint density at radius 3 is 2.67 bits per heavy atom. The number of halogens is 3. The number of amides is 1. The number of rotatable bonds is 5. The number of alkyl halides is 3. The molecular formula is C20H14F3N3O3S. The number of nitrogens with one attached hydrogen (secondary N) is 1. The molecule has 1 aromatic carbocycles. The summed E-state index contributed by atoms with van der Waals surface area (Å²) in [7, 11) is 0. The van der Waals surface area contributed by atoms with Gasteiger partial charge in [0.25, 0.3) is 5.91 Å². The molecule has 0 fully saturated rings. The summed E-state index contributed by atoms with van der Waals surface area (Å²) in [6.45, 7) is 0.300. The molecule has 0 spiro atoms. The van der Waals surface area contributed by atoms with Crippen molar-refractivity contribution in [2.24, 2.45) is 0 Å². The molecule has 6 nitrogen and oxygen atoms in total. The van der Waals surface area contributed by atoms with Crippen molar-refractivity contribution in [1.82, 2.24) is 10.5 Å². The zero-order chi connectivity index (χ0) is 21.3. The molecule has 4 rings (SSSR count). The number of aromatic nitrogens is 1. The molecule has 0 unspecified atom stereocenters. The lowest BCUT2D eigenvalue weighted by Gasteiger charge is -2.07. The zero-order valence-electron chi connectivity index (χ0n) is 15.2. The van der Waals surface area contributed by atoms with Crippen LogP contribution in [-0.4, -0.2) is 11.1 Å². The normalized spacial score (nSPS) is 11.6. The van der Waals surface area contributed by atoms with E-state index in [4.69, 9.17) is 14.7 Å². The molecule has 0 bridgehead atoms. The van der Waals surface area contributed by atoms with Crippen LogP contribution in [0.2, 0.25) is 0 Å². The Kier molecular flexibility index (Phi) is 5.08. The predicted octanol–water partition coefficient (Wildman–Crippen LogP) is 5.19. The molecule has 0 saturated heterocycles. The lowest BCUT2D eigenvalue weighted by molar-refractivity contribution is -0.137. The van der Waals surface area contributed by atoms with Gasteiger partial charge in [0.1, 0.15) is 11.3 Å². The highest BCUT2D eigenvalue weighted by Crippen LogP contribution is 2.35. The highest BCUT2D eigenvalue weighted by molar-refractivity contribution is 7.09. The molecule has 3 aromatic heterocycles. The van der Waals surface area contributed by atoms with E-state index in [-0.39, 0.29) is 34.2 Å². The third kappa shape index (κ3) is 3.94. The van der Waals surface area contributed by atoms with Crippen LogP contribution in [0.3, 0.4) is 0 Å². The summed E-state index contributed by atoms with van der Waals surface area (Å²) in [5.74, 6) is -0.369. The van der Waals surface area contributed by atoms with E-state index in [0.717, 1.165) is 17.0 Å². The van der Waals surface area contributed by atoms with Gasteiger partial charge in [0.15, 0.2) is 11.5 Å². The highest BCUT2D eigenvalue weighted by atomic mass is 32.1. The van der Waals surface area contributed by atoms with Gasteiger partial charge in [0.05, 0.1) is 12.1 Å². The number of benzene rings is 1. The van der Waals surface area contributed by atoms with Crippen molar-refractivity contribution in [1.29, 1.82) is 0 Å². The lowest BCUT2D eigenvalue weighted by atomic mass is 10.1. The fraction of sp³-hybridized carbons (Fsp3) is 0.100. The summed E-state index contributed by atoms with van der Waals surface area (Å²) >= 11 is 1.49. The van der Waals surface area contributed by atoms with Crippen molar-refractivity contribution in [3.63, 3.8) is 0 Å². The van der Waals surface area contributed by atoms with Crippen LogP contribution >= 0.6 is 11.3 Å². The maximum absolute atomic E-state index is 13.0. The maximum atomic E-state index is 13.0. The van der Waals surface area contributed by atoms with Crippen molar-refractivity contribution in [2.75, 3.05) is 5.73 Å². The highest BCUT2D eigenvalue weighted by Gasteiger charge is 2.31. The van der Waals surface area contributed by atoms with Crippen molar-refractivity contribution in [3.05, 3.63) is 69.9 Å². The molecule has 4 aromatic rings. The number of nitrogen functional groups attached to an aromatic ring is 1. The van der Waals surface area contributed by atoms with Gasteiger partial charge >= 0.3 is 6.18 Å². The summed E-state index contributed by atoms with van der Waals surface area (Å²) < 4.78 is 49.5. The molecule has 0 atom stereocenters. The van der Waals surface area contributed by atoms with E-state index in [2.05, 4.69) is 10.5 Å². The summed E-state index contributed by atoms with van der Waals surface area (Å²) in [6.07, 6.45) is -4.47. The summed E-state index contributed by atoms with van der Waals surface area (Å²) in [6, 6.07) is 11.4. The smallest absolute Gasteiger partial charge is 0.416 e. The van der Waals surface area contributed by atoms with E-state index in [1.54, 1.807) is 0 Å². The SMILES string of the molecule is Nc1onc(-c2ccc(-c3cccc(C(F)(F)F)c3)o2)c1C(=O)NCc1cccs1. The second kappa shape index (κ2) is 7.71. The summed E-state index contributed by atoms with van der Waals surface area (Å²) in [5, 5.41) is 8.40. The van der Waals surface area contributed by atoms with E-state index in [1.807, 2.05) is 17.5 Å². The average molecular weight is 433 g/mol. The van der Waals surface area contributed by atoms with Gasteiger partial charge in [-0.2, -0.15) is 13.2 Å². The van der Waals surface area contributed by atoms with Gasteiger partial charge in [-0.25, -0.2) is 0 Å². The quantitative estimate of drug-likeness (QED) is 0.452. The molecule has 0 saturated carbocycles. The fourth-order valence-electron chi connectivity index (χ4n) is 2.83. The van der Waals surface area contributed by atoms with Gasteiger partial charge in [-0.3, -0.25) is 4.79 Å². The lowest BCUT2D eigenvalue weighted by Crippen LogP contribution is -2.23. The number of nitrogens with two attached hydrogens (primary N) is 1. The second-order valence-electron chi connectivity index (χ2n) is 6.27. The standard InChI is InChI=1S/C20H14F3N3O3S/c21-20(22,23)12-4-1-3-11(9-12)14-6-7-15(28-14)17-16(18(24)29-26-17)19(27)25-10-13-5-2-8-30-13/h1-9H,10,24H2,(H,25,27). The molecule has 3 heterocycles. The topological polar surface area (TPSA) is 94.3 Å². The van der Waals surface area contributed by atoms with Crippen LogP contribution in [0.4, 0.5) is 19.1 Å². The van der Waals surface area contributed by atoms with Crippen molar-refractivity contribution >= 4 is 23.1 Å². The molecule has 154 valence electrons. The van der Waals surface area contributed by atoms with Gasteiger partial charge in [-0.1, -0.05) is 23.4 Å². The molecule has 10 heteroatoms. The molecule has 0 aliphatic heterocycles. The Hall–Kier alpha value is -3.53. The molecule has 0 aliphatic carbocycles. The Labute approximate surface area is 172 Å². The third-order valence-corrected chi connectivity index (χ3v) is 5.14. The number of hydrogen-bond acceptors (Lipinski definition) is 6. The Bertz CT molecular complexity index is 1180. The Morgan fingerprint density at radius 1 is 1.13 bits per heavy atom. The van der Waals surface area contributed by atoms with Crippen LogP contribution < -0.4 is 11.1 Å². The largest absolute Gasteiger partial charge is 0.454 e. The minimum Gasteiger partial charge on any atom is -0.454 e. The van der Waals surface area contributed by atoms with Crippen LogP contribution in [0.1, 0.15) is 20.8 Å². The Balaban J connectivity index is 1.61. The van der Waals surface area contributed by atoms with E-state index < -0.39 is 17.6 Å². The van der Waals surface area contributed by atoms with Gasteiger partial charge in [-0.15, -0.1) is 11.3 Å². The van der Waals surface area contributed by atoms with Gasteiger partial charge < -0.3 is 20.0 Å². The minimum absolute atomic E-state index is 0.00324. The summed E-state index contributed by atoms with van der Waals surface area (Å²) in [4.78, 5) is 13.5. The minimum atomic E-state index is -4.47. The van der Waals surface area contributed by atoms with Crippen molar-refractivity contribution in [3.8, 4) is 22.8 Å². The zero-order valence-corrected chi connectivity index (χ0v) is 16.0. The first-order chi connectivity index (χ1) is 14.3. The summed E-state index contributed by atoms with van der Waals surface area (Å²) in [5.41, 5.74) is 5.26. The number of furan rings is 1. The van der Waals surface area contributed by atoms with Crippen LogP contribution in [0, 0.1) is 0 Å². The molecular weight excluding hydrogens is 419 g/mol. The molecule has 0 aliphatic rings. The number of nitrogens with zero attached hydrogens (tertiary/aromatic N) is 1. The third-order valence-electron chi connectivity index (χ3n) is 4.26. The average Bonchev–Trinajstić information content (AvgIpc) is 3.46. The van der Waals surface area contributed by atoms with E-state index >= 15 is 0 Å². The van der Waals surface area contributed by atoms with Crippen LogP contribution in [0.15, 0.2) is 62.9 Å². The van der Waals surface area contributed by atoms with Crippen LogP contribution in [0.25, 0.3) is 22.8 Å². The van der Waals surface area contributed by atoms with Crippen LogP contribution in [-0.2, 0) is 12.7 Å². The number of carbonyl (C=O) groups is 1. The molecule has 0 radical (unpaired) electrons. The first-order valence-corrected chi connectivity index (χ1v) is 9.54. The first-order valence-electron chi connectivity index (χ1n) is 8.66. The number of thiophene rings is 1. The monoisotopic (exact) mass is 433 g/mol. The van der Waals surface area contributed by atoms with Crippen LogP contribution in [0.5, 0.6) is 0 Å². The number of hydrogen-bond donors (Lipinski definition) is 2. The fourth-order valence-corrected chi connectivity index (χ4v) is 3.47. The second-order valence-corrected chi connectivity index (χ2v) is 7.31. The molecule has 30 heavy (non-hydrogen) atoms. The van der Waals surface area contributed by atoms with Gasteiger partial charge in [0, 0.05) is 10.4 Å². The predicted molar refractivity (Wildman–Crippen MR) is 105 cm³/mol. The van der Waals surface area contributed by atoms with E-state index in [9.17, 15) is 18.0 Å². The first kappa shape index (κ1) is 19.8.